The molecule has 0 bridgehead atoms. The number of aromatic nitrogens is 4. The van der Waals surface area contributed by atoms with E-state index in [4.69, 9.17) is 19.6 Å². The molecule has 0 amide bonds. The van der Waals surface area contributed by atoms with E-state index in [1.54, 1.807) is 13.3 Å². The highest BCUT2D eigenvalue weighted by molar-refractivity contribution is 6.09. The Morgan fingerprint density at radius 1 is 0.706 bits per heavy atom. The van der Waals surface area contributed by atoms with E-state index in [1.807, 2.05) is 41.2 Å². The summed E-state index contributed by atoms with van der Waals surface area (Å²) in [7, 11) is 1.68. The zero-order valence-electron chi connectivity index (χ0n) is 30.9. The Hall–Kier alpha value is -5.36. The zero-order valence-corrected chi connectivity index (χ0v) is 30.9. The van der Waals surface area contributed by atoms with Gasteiger partial charge in [0.2, 0.25) is 0 Å². The molecule has 3 heterocycles. The molecule has 2 atom stereocenters. The number of ether oxygens (including phenoxy) is 2. The molecule has 6 heteroatoms. The van der Waals surface area contributed by atoms with Crippen LogP contribution in [0.5, 0.6) is 17.2 Å². The maximum Gasteiger partial charge on any atom is 0.141 e. The van der Waals surface area contributed by atoms with Crippen molar-refractivity contribution in [3.63, 3.8) is 0 Å². The molecule has 0 radical (unpaired) electrons. The van der Waals surface area contributed by atoms with Gasteiger partial charge < -0.3 is 9.47 Å². The van der Waals surface area contributed by atoms with Crippen LogP contribution in [0.4, 0.5) is 0 Å². The maximum absolute atomic E-state index is 6.56. The minimum Gasteiger partial charge on any atom is -0.497 e. The van der Waals surface area contributed by atoms with Gasteiger partial charge in [0.05, 0.1) is 30.0 Å². The predicted molar refractivity (Wildman–Crippen MR) is 210 cm³/mol. The SMILES string of the molecule is CCCC(C)c1c(C)cc(C)c([C@H](C)CCC)c1-c1cnn(-c2cccc(Oc3ccc4c5ccccc5n(-c5cc(OC)ccn5)c4c3)c2)c1. The van der Waals surface area contributed by atoms with Gasteiger partial charge in [-0.25, -0.2) is 9.67 Å². The summed E-state index contributed by atoms with van der Waals surface area (Å²) in [6, 6.07) is 29.1. The second-order valence-electron chi connectivity index (χ2n) is 14.0. The molecule has 6 nitrogen and oxygen atoms in total. The van der Waals surface area contributed by atoms with Crippen molar-refractivity contribution in [3.8, 4) is 39.9 Å². The summed E-state index contributed by atoms with van der Waals surface area (Å²) in [5.74, 6) is 3.97. The molecule has 0 saturated heterocycles. The van der Waals surface area contributed by atoms with Crippen molar-refractivity contribution in [1.29, 1.82) is 0 Å². The van der Waals surface area contributed by atoms with Crippen molar-refractivity contribution in [3.05, 3.63) is 126 Å². The average Bonchev–Trinajstić information content (AvgIpc) is 3.75. The Morgan fingerprint density at radius 2 is 1.41 bits per heavy atom. The number of pyridine rings is 1. The molecule has 0 fully saturated rings. The summed E-state index contributed by atoms with van der Waals surface area (Å²) in [5, 5.41) is 7.22. The molecule has 0 N–H and O–H groups in total. The van der Waals surface area contributed by atoms with Gasteiger partial charge in [0, 0.05) is 46.9 Å². The van der Waals surface area contributed by atoms with Gasteiger partial charge >= 0.3 is 0 Å². The minimum absolute atomic E-state index is 0.467. The summed E-state index contributed by atoms with van der Waals surface area (Å²) in [6.45, 7) is 13.9. The largest absolute Gasteiger partial charge is 0.497 e. The standard InChI is InChI=1S/C45H48N4O2/c1-8-13-29(3)43-31(5)23-32(6)44(30(4)14-9-2)45(43)33-27-47-48(28-33)34-15-12-16-36(24-34)51-37-19-20-39-38-17-10-11-18-40(38)49(41(39)25-37)42-26-35(50-7)21-22-46-42/h10-12,15-30H,8-9,13-14H2,1-7H3/t29-,30?/m1/s1. The van der Waals surface area contributed by atoms with Crippen LogP contribution in [0, 0.1) is 13.8 Å². The van der Waals surface area contributed by atoms with Gasteiger partial charge in [-0.05, 0) is 103 Å². The van der Waals surface area contributed by atoms with E-state index in [0.717, 1.165) is 76.2 Å². The first-order valence-electron chi connectivity index (χ1n) is 18.3. The van der Waals surface area contributed by atoms with Gasteiger partial charge in [-0.15, -0.1) is 0 Å². The van der Waals surface area contributed by atoms with Crippen LogP contribution in [-0.4, -0.2) is 26.4 Å². The molecular formula is C45H48N4O2. The highest BCUT2D eigenvalue weighted by Crippen LogP contribution is 2.43. The molecule has 0 saturated carbocycles. The van der Waals surface area contributed by atoms with Crippen molar-refractivity contribution in [1.82, 2.24) is 19.3 Å². The maximum atomic E-state index is 6.56. The fraction of sp³-hybridized carbons (Fsp3) is 0.289. The van der Waals surface area contributed by atoms with Crippen LogP contribution in [0.15, 0.2) is 104 Å². The molecule has 7 rings (SSSR count). The number of aryl methyl sites for hydroxylation is 2. The van der Waals surface area contributed by atoms with Crippen molar-refractivity contribution in [2.75, 3.05) is 7.11 Å². The Balaban J connectivity index is 1.26. The lowest BCUT2D eigenvalue weighted by molar-refractivity contribution is 0.414. The van der Waals surface area contributed by atoms with E-state index < -0.39 is 0 Å². The molecule has 7 aromatic rings. The van der Waals surface area contributed by atoms with Crippen LogP contribution in [-0.2, 0) is 0 Å². The second-order valence-corrected chi connectivity index (χ2v) is 14.0. The third kappa shape index (κ3) is 6.51. The van der Waals surface area contributed by atoms with E-state index in [0.29, 0.717) is 11.8 Å². The Kier molecular flexibility index (Phi) is 9.68. The molecule has 3 aromatic heterocycles. The molecule has 0 aliphatic rings. The third-order valence-electron chi connectivity index (χ3n) is 10.3. The third-order valence-corrected chi connectivity index (χ3v) is 10.3. The summed E-state index contributed by atoms with van der Waals surface area (Å²) in [4.78, 5) is 4.70. The number of rotatable bonds is 12. The fourth-order valence-electron chi connectivity index (χ4n) is 8.08. The average molecular weight is 677 g/mol. The summed E-state index contributed by atoms with van der Waals surface area (Å²) < 4.78 is 16.2. The number of para-hydroxylation sites is 1. The molecule has 0 aliphatic heterocycles. The van der Waals surface area contributed by atoms with Crippen molar-refractivity contribution in [2.45, 2.75) is 79.1 Å². The molecule has 4 aromatic carbocycles. The van der Waals surface area contributed by atoms with E-state index in [2.05, 4.69) is 107 Å². The van der Waals surface area contributed by atoms with Crippen molar-refractivity contribution in [2.24, 2.45) is 0 Å². The molecule has 1 unspecified atom stereocenters. The van der Waals surface area contributed by atoms with Crippen molar-refractivity contribution >= 4 is 21.8 Å². The molecular weight excluding hydrogens is 629 g/mol. The lowest BCUT2D eigenvalue weighted by atomic mass is 9.78. The van der Waals surface area contributed by atoms with E-state index >= 15 is 0 Å². The Labute approximate surface area is 301 Å². The van der Waals surface area contributed by atoms with Crippen LogP contribution in [0.2, 0.25) is 0 Å². The number of hydrogen-bond donors (Lipinski definition) is 0. The zero-order chi connectivity index (χ0) is 35.6. The number of methoxy groups -OCH3 is 1. The molecule has 0 aliphatic carbocycles. The predicted octanol–water partition coefficient (Wildman–Crippen LogP) is 12.3. The van der Waals surface area contributed by atoms with Crippen LogP contribution < -0.4 is 9.47 Å². The van der Waals surface area contributed by atoms with Gasteiger partial charge in [-0.1, -0.05) is 70.9 Å². The topological polar surface area (TPSA) is 54.1 Å². The van der Waals surface area contributed by atoms with Gasteiger partial charge in [0.1, 0.15) is 23.1 Å². The first kappa shape index (κ1) is 34.1. The summed E-state index contributed by atoms with van der Waals surface area (Å²) >= 11 is 0. The van der Waals surface area contributed by atoms with Crippen molar-refractivity contribution < 1.29 is 9.47 Å². The number of hydrogen-bond acceptors (Lipinski definition) is 4. The lowest BCUT2D eigenvalue weighted by Crippen LogP contribution is -2.08. The molecule has 51 heavy (non-hydrogen) atoms. The Bertz CT molecular complexity index is 2300. The van der Waals surface area contributed by atoms with Gasteiger partial charge in [-0.3, -0.25) is 4.57 Å². The smallest absolute Gasteiger partial charge is 0.141 e. The van der Waals surface area contributed by atoms with Gasteiger partial charge in [0.25, 0.3) is 0 Å². The monoisotopic (exact) mass is 676 g/mol. The number of nitrogens with zero attached hydrogens (tertiary/aromatic N) is 4. The highest BCUT2D eigenvalue weighted by atomic mass is 16.5. The van der Waals surface area contributed by atoms with Crippen LogP contribution in [0.3, 0.4) is 0 Å². The van der Waals surface area contributed by atoms with Crippen LogP contribution >= 0.6 is 0 Å². The Morgan fingerprint density at radius 3 is 2.14 bits per heavy atom. The fourth-order valence-corrected chi connectivity index (χ4v) is 8.08. The van der Waals surface area contributed by atoms with Gasteiger partial charge in [0.15, 0.2) is 0 Å². The number of benzene rings is 4. The summed E-state index contributed by atoms with van der Waals surface area (Å²) in [5.41, 5.74) is 11.3. The molecule has 260 valence electrons. The normalized spacial score (nSPS) is 12.8. The van der Waals surface area contributed by atoms with E-state index in [9.17, 15) is 0 Å². The first-order chi connectivity index (χ1) is 24.8. The minimum atomic E-state index is 0.467. The van der Waals surface area contributed by atoms with E-state index in [-0.39, 0.29) is 0 Å². The first-order valence-corrected chi connectivity index (χ1v) is 18.3. The van der Waals surface area contributed by atoms with E-state index in [1.165, 1.54) is 33.4 Å². The lowest BCUT2D eigenvalue weighted by Gasteiger charge is -2.26. The van der Waals surface area contributed by atoms with Gasteiger partial charge in [-0.2, -0.15) is 5.10 Å². The quantitative estimate of drug-likeness (QED) is 0.129. The van der Waals surface area contributed by atoms with Crippen LogP contribution in [0.1, 0.15) is 87.5 Å². The number of fused-ring (bicyclic) bond motifs is 3. The molecule has 0 spiro atoms. The highest BCUT2D eigenvalue weighted by Gasteiger charge is 2.24. The van der Waals surface area contributed by atoms with Crippen LogP contribution in [0.25, 0.3) is 44.4 Å². The second kappa shape index (κ2) is 14.5. The summed E-state index contributed by atoms with van der Waals surface area (Å²) in [6.07, 6.45) is 10.7.